The Morgan fingerprint density at radius 2 is 0.978 bits per heavy atom. The molecule has 7 aromatic carbocycles. The number of sulfonamides is 1. The third-order valence-corrected chi connectivity index (χ3v) is 13.4. The molecule has 0 aliphatic rings. The van der Waals surface area contributed by atoms with E-state index in [1.807, 2.05) is 24.3 Å². The smallest absolute Gasteiger partial charge is 0.229 e. The molecule has 7 aromatic rings. The Morgan fingerprint density at radius 3 is 1.52 bits per heavy atom. The highest BCUT2D eigenvalue weighted by atomic mass is 79.9. The van der Waals surface area contributed by atoms with E-state index in [0.29, 0.717) is 5.69 Å². The maximum Gasteiger partial charge on any atom is 0.229 e. The van der Waals surface area contributed by atoms with E-state index in [1.165, 1.54) is 27.7 Å². The summed E-state index contributed by atoms with van der Waals surface area (Å²) < 4.78 is 28.6. The van der Waals surface area contributed by atoms with E-state index in [-0.39, 0.29) is 17.0 Å². The summed E-state index contributed by atoms with van der Waals surface area (Å²) in [6, 6.07) is 57.6. The zero-order valence-corrected chi connectivity index (χ0v) is 28.6. The summed E-state index contributed by atoms with van der Waals surface area (Å²) in [7, 11) is -5.98. The molecule has 0 aromatic heterocycles. The van der Waals surface area contributed by atoms with E-state index >= 15 is 0 Å². The minimum Gasteiger partial charge on any atom is -1.00 e. The summed E-state index contributed by atoms with van der Waals surface area (Å²) in [6.07, 6.45) is 2.03. The topological polar surface area (TPSA) is 46.2 Å². The third-order valence-electron chi connectivity index (χ3n) is 8.45. The van der Waals surface area contributed by atoms with Gasteiger partial charge in [0.2, 0.25) is 10.0 Å². The van der Waals surface area contributed by atoms with Crippen molar-refractivity contribution in [1.29, 1.82) is 0 Å². The van der Waals surface area contributed by atoms with Gasteiger partial charge in [0.1, 0.15) is 23.2 Å². The maximum atomic E-state index is 12.8. The van der Waals surface area contributed by atoms with Crippen LogP contribution in [0.1, 0.15) is 5.56 Å². The Labute approximate surface area is 282 Å². The van der Waals surface area contributed by atoms with Gasteiger partial charge < -0.3 is 17.0 Å². The fourth-order valence-electron chi connectivity index (χ4n) is 6.58. The van der Waals surface area contributed by atoms with Gasteiger partial charge in [-0.2, -0.15) is 0 Å². The van der Waals surface area contributed by atoms with Crippen LogP contribution in [-0.4, -0.2) is 14.7 Å². The van der Waals surface area contributed by atoms with Crippen molar-refractivity contribution in [3.63, 3.8) is 0 Å². The number of fused-ring (bicyclic) bond motifs is 2. The van der Waals surface area contributed by atoms with Gasteiger partial charge in [0.05, 0.1) is 18.1 Å². The summed E-state index contributed by atoms with van der Waals surface area (Å²) in [5.41, 5.74) is 3.79. The molecule has 7 rings (SSSR count). The van der Waals surface area contributed by atoms with Crippen molar-refractivity contribution in [2.75, 3.05) is 11.0 Å². The van der Waals surface area contributed by atoms with E-state index in [1.54, 1.807) is 0 Å². The van der Waals surface area contributed by atoms with Crippen molar-refractivity contribution in [3.8, 4) is 11.1 Å². The molecular formula is C40H33BrNO2PS. The predicted octanol–water partition coefficient (Wildman–Crippen LogP) is 5.53. The number of rotatable bonds is 8. The van der Waals surface area contributed by atoms with Gasteiger partial charge in [-0.15, -0.1) is 0 Å². The van der Waals surface area contributed by atoms with Crippen LogP contribution in [-0.2, 0) is 16.2 Å². The van der Waals surface area contributed by atoms with E-state index in [4.69, 9.17) is 0 Å². The molecule has 0 heterocycles. The first-order chi connectivity index (χ1) is 21.9. The van der Waals surface area contributed by atoms with Gasteiger partial charge in [-0.25, -0.2) is 8.42 Å². The molecule has 3 nitrogen and oxygen atoms in total. The van der Waals surface area contributed by atoms with Crippen LogP contribution in [0.25, 0.3) is 32.7 Å². The Morgan fingerprint density at radius 1 is 0.522 bits per heavy atom. The quantitative estimate of drug-likeness (QED) is 0.212. The number of nitrogens with one attached hydrogen (secondary N) is 1. The minimum atomic E-state index is -3.57. The van der Waals surface area contributed by atoms with Crippen LogP contribution in [0.3, 0.4) is 0 Å². The molecule has 0 saturated carbocycles. The molecule has 0 amide bonds. The zero-order chi connectivity index (χ0) is 30.9. The number of hydrogen-bond donors (Lipinski definition) is 1. The molecule has 0 aliphatic heterocycles. The van der Waals surface area contributed by atoms with Crippen molar-refractivity contribution < 1.29 is 25.4 Å². The lowest BCUT2D eigenvalue weighted by Crippen LogP contribution is -3.00. The molecule has 228 valence electrons. The molecule has 0 bridgehead atoms. The average molecular weight is 703 g/mol. The summed E-state index contributed by atoms with van der Waals surface area (Å²) in [4.78, 5) is 0. The van der Waals surface area contributed by atoms with Crippen molar-refractivity contribution in [1.82, 2.24) is 0 Å². The van der Waals surface area contributed by atoms with E-state index in [0.717, 1.165) is 38.8 Å². The van der Waals surface area contributed by atoms with Crippen molar-refractivity contribution in [3.05, 3.63) is 169 Å². The first-order valence-electron chi connectivity index (χ1n) is 15.0. The Hall–Kier alpha value is -4.28. The zero-order valence-electron chi connectivity index (χ0n) is 25.3. The summed E-state index contributed by atoms with van der Waals surface area (Å²) in [5, 5.41) is 8.01. The summed E-state index contributed by atoms with van der Waals surface area (Å²) >= 11 is 0. The van der Waals surface area contributed by atoms with Gasteiger partial charge >= 0.3 is 0 Å². The summed E-state index contributed by atoms with van der Waals surface area (Å²) in [5.74, 6) is 0. The monoisotopic (exact) mass is 701 g/mol. The van der Waals surface area contributed by atoms with Crippen molar-refractivity contribution in [2.24, 2.45) is 0 Å². The van der Waals surface area contributed by atoms with Crippen LogP contribution in [0, 0.1) is 0 Å². The molecule has 0 aliphatic carbocycles. The number of anilines is 1. The SMILES string of the molecule is CS(=O)(=O)Nc1ccc2ccccc2c1-c1c([P+](Cc2ccccc2)(c2ccccc2)c2ccccc2)ccc2ccccc12.[Br-]. The van der Waals surface area contributed by atoms with Crippen molar-refractivity contribution >= 4 is 60.4 Å². The highest BCUT2D eigenvalue weighted by molar-refractivity contribution is 7.95. The average Bonchev–Trinajstić information content (AvgIpc) is 3.07. The highest BCUT2D eigenvalue weighted by Crippen LogP contribution is 2.61. The van der Waals surface area contributed by atoms with Gasteiger partial charge in [-0.3, -0.25) is 4.72 Å². The fraction of sp³-hybridized carbons (Fsp3) is 0.0500. The molecule has 6 heteroatoms. The molecule has 0 fully saturated rings. The molecule has 0 atom stereocenters. The van der Waals surface area contributed by atoms with Crippen LogP contribution in [0.4, 0.5) is 5.69 Å². The molecule has 46 heavy (non-hydrogen) atoms. The fourth-order valence-corrected chi connectivity index (χ4v) is 11.6. The minimum absolute atomic E-state index is 0. The maximum absolute atomic E-state index is 12.8. The van der Waals surface area contributed by atoms with E-state index in [9.17, 15) is 8.42 Å². The molecule has 1 N–H and O–H groups in total. The van der Waals surface area contributed by atoms with Gasteiger partial charge in [-0.1, -0.05) is 127 Å². The Kier molecular flexibility index (Phi) is 9.11. The number of halogens is 1. The first-order valence-corrected chi connectivity index (χ1v) is 18.9. The lowest BCUT2D eigenvalue weighted by atomic mass is 9.92. The second-order valence-electron chi connectivity index (χ2n) is 11.4. The van der Waals surface area contributed by atoms with Crippen LogP contribution < -0.4 is 37.6 Å². The lowest BCUT2D eigenvalue weighted by molar-refractivity contribution is -0.0000110. The normalized spacial score (nSPS) is 11.7. The van der Waals surface area contributed by atoms with Crippen LogP contribution in [0.5, 0.6) is 0 Å². The molecule has 0 unspecified atom stereocenters. The van der Waals surface area contributed by atoms with Gasteiger partial charge in [0, 0.05) is 11.1 Å². The Bertz CT molecular complexity index is 2200. The van der Waals surface area contributed by atoms with Crippen LogP contribution in [0.15, 0.2) is 164 Å². The number of benzene rings is 7. The summed E-state index contributed by atoms with van der Waals surface area (Å²) in [6.45, 7) is 0. The largest absolute Gasteiger partial charge is 1.00 e. The highest BCUT2D eigenvalue weighted by Gasteiger charge is 2.48. The van der Waals surface area contributed by atoms with Gasteiger partial charge in [0.25, 0.3) is 0 Å². The van der Waals surface area contributed by atoms with Crippen LogP contribution in [0.2, 0.25) is 0 Å². The third kappa shape index (κ3) is 5.99. The standard InChI is InChI=1S/C40H33NO2PS.BrH/c1-45(42,43)41-37-27-25-31-17-11-13-23-35(31)39(37)40-36-24-14-12-18-32(36)26-28-38(40)44(33-19-7-3-8-20-33,34-21-9-4-10-22-34)29-30-15-5-2-6-16-30;/h2-28,41H,29H2,1H3;1H/q+1;/p-1. The van der Waals surface area contributed by atoms with E-state index in [2.05, 4.69) is 144 Å². The second-order valence-corrected chi connectivity index (χ2v) is 16.6. The van der Waals surface area contributed by atoms with Gasteiger partial charge in [0.15, 0.2) is 0 Å². The molecular weight excluding hydrogens is 669 g/mol. The second kappa shape index (κ2) is 13.2. The predicted molar refractivity (Wildman–Crippen MR) is 194 cm³/mol. The number of hydrogen-bond acceptors (Lipinski definition) is 2. The van der Waals surface area contributed by atoms with E-state index < -0.39 is 17.3 Å². The van der Waals surface area contributed by atoms with Crippen molar-refractivity contribution in [2.45, 2.75) is 6.16 Å². The molecule has 0 spiro atoms. The molecule has 0 saturated heterocycles. The first kappa shape index (κ1) is 31.7. The molecule has 0 radical (unpaired) electrons. The van der Waals surface area contributed by atoms with Crippen LogP contribution >= 0.6 is 7.26 Å². The Balaban J connectivity index is 0.00000372. The van der Waals surface area contributed by atoms with Gasteiger partial charge in [-0.05, 0) is 63.5 Å². The lowest BCUT2D eigenvalue weighted by Gasteiger charge is -2.31.